The normalized spacial score (nSPS) is 9.91. The number of carbonyl (C=O) groups is 1. The van der Waals surface area contributed by atoms with Gasteiger partial charge < -0.3 is 10.6 Å². The Balaban J connectivity index is 0.00000220. The quantitative estimate of drug-likeness (QED) is 0.662. The van der Waals surface area contributed by atoms with Crippen molar-refractivity contribution in [2.75, 3.05) is 20.1 Å². The molecular weight excluding hydrogens is 409 g/mol. The van der Waals surface area contributed by atoms with Crippen LogP contribution in [0.3, 0.4) is 0 Å². The number of fused-ring (bicyclic) bond motifs is 1. The van der Waals surface area contributed by atoms with E-state index in [-0.39, 0.29) is 30.7 Å². The van der Waals surface area contributed by atoms with Gasteiger partial charge in [0.1, 0.15) is 0 Å². The van der Waals surface area contributed by atoms with E-state index in [9.17, 15) is 4.79 Å². The minimum absolute atomic E-state index is 0. The van der Waals surface area contributed by atoms with Crippen LogP contribution in [-0.4, -0.2) is 31.0 Å². The number of carbonyl (C=O) groups excluding carboxylic acids is 1. The number of hydrogen-bond donors (Lipinski definition) is 2. The first kappa shape index (κ1) is 21.6. The molecule has 8 heteroatoms. The van der Waals surface area contributed by atoms with Crippen LogP contribution < -0.4 is 10.6 Å². The average molecular weight is 429 g/mol. The van der Waals surface area contributed by atoms with Crippen molar-refractivity contribution in [1.29, 1.82) is 0 Å². The lowest BCUT2D eigenvalue weighted by molar-refractivity contribution is -0.121. The maximum Gasteiger partial charge on any atom is 0.220 e. The maximum absolute atomic E-state index is 11.7. The van der Waals surface area contributed by atoms with E-state index >= 15 is 0 Å². The van der Waals surface area contributed by atoms with Gasteiger partial charge in [0.15, 0.2) is 0 Å². The van der Waals surface area contributed by atoms with Gasteiger partial charge in [0.2, 0.25) is 5.91 Å². The molecule has 0 fully saturated rings. The lowest BCUT2D eigenvalue weighted by Gasteiger charge is -2.03. The van der Waals surface area contributed by atoms with Gasteiger partial charge in [-0.1, -0.05) is 15.9 Å². The third kappa shape index (κ3) is 6.79. The molecule has 0 saturated heterocycles. The molecule has 0 bridgehead atoms. The van der Waals surface area contributed by atoms with Gasteiger partial charge in [-0.2, -0.15) is 0 Å². The molecule has 1 heterocycles. The van der Waals surface area contributed by atoms with Gasteiger partial charge >= 0.3 is 0 Å². The highest BCUT2D eigenvalue weighted by molar-refractivity contribution is 9.10. The highest BCUT2D eigenvalue weighted by Gasteiger charge is 2.07. The molecule has 1 aromatic carbocycles. The van der Waals surface area contributed by atoms with E-state index in [2.05, 4.69) is 37.6 Å². The summed E-state index contributed by atoms with van der Waals surface area (Å²) in [6.07, 6.45) is 2.16. The Hall–Kier alpha value is -0.400. The molecular formula is C14H20BrCl2N3OS. The molecule has 0 aliphatic carbocycles. The third-order valence-corrected chi connectivity index (χ3v) is 4.47. The molecule has 1 aromatic heterocycles. The van der Waals surface area contributed by atoms with Crippen LogP contribution in [0.25, 0.3) is 10.2 Å². The van der Waals surface area contributed by atoms with Gasteiger partial charge in [-0.3, -0.25) is 4.79 Å². The Labute approximate surface area is 155 Å². The van der Waals surface area contributed by atoms with Crippen LogP contribution in [0.1, 0.15) is 17.8 Å². The second-order valence-corrected chi connectivity index (χ2v) is 6.56. The predicted octanol–water partition coefficient (Wildman–Crippen LogP) is 3.56. The topological polar surface area (TPSA) is 54.0 Å². The van der Waals surface area contributed by atoms with E-state index in [4.69, 9.17) is 0 Å². The largest absolute Gasteiger partial charge is 0.356 e. The number of thiazole rings is 1. The Kier molecular flexibility index (Phi) is 11.0. The molecule has 0 radical (unpaired) electrons. The molecule has 0 spiro atoms. The molecule has 2 N–H and O–H groups in total. The zero-order valence-electron chi connectivity index (χ0n) is 12.2. The zero-order valence-corrected chi connectivity index (χ0v) is 16.3. The summed E-state index contributed by atoms with van der Waals surface area (Å²) in [5.41, 5.74) is 0.994. The molecule has 22 heavy (non-hydrogen) atoms. The maximum atomic E-state index is 11.7. The van der Waals surface area contributed by atoms with Crippen LogP contribution in [0.15, 0.2) is 22.7 Å². The Bertz CT molecular complexity index is 594. The average Bonchev–Trinajstić information content (AvgIpc) is 2.83. The van der Waals surface area contributed by atoms with Gasteiger partial charge in [-0.25, -0.2) is 4.98 Å². The summed E-state index contributed by atoms with van der Waals surface area (Å²) in [7, 11) is 1.91. The minimum atomic E-state index is 0. The van der Waals surface area contributed by atoms with Crippen LogP contribution in [-0.2, 0) is 11.2 Å². The zero-order chi connectivity index (χ0) is 14.4. The second kappa shape index (κ2) is 11.2. The van der Waals surface area contributed by atoms with E-state index in [1.165, 1.54) is 0 Å². The van der Waals surface area contributed by atoms with E-state index in [0.717, 1.165) is 39.2 Å². The third-order valence-electron chi connectivity index (χ3n) is 2.89. The molecule has 0 aliphatic rings. The number of halogens is 3. The number of benzene rings is 1. The number of hydrogen-bond acceptors (Lipinski definition) is 4. The molecule has 1 amide bonds. The molecule has 0 unspecified atom stereocenters. The molecule has 124 valence electrons. The van der Waals surface area contributed by atoms with E-state index in [1.807, 2.05) is 19.2 Å². The second-order valence-electron chi connectivity index (χ2n) is 4.53. The van der Waals surface area contributed by atoms with Crippen molar-refractivity contribution >= 4 is 68.2 Å². The lowest BCUT2D eigenvalue weighted by Crippen LogP contribution is -2.26. The van der Waals surface area contributed by atoms with Crippen LogP contribution in [0.2, 0.25) is 0 Å². The smallest absolute Gasteiger partial charge is 0.220 e. The molecule has 2 aromatic rings. The van der Waals surface area contributed by atoms with Crippen molar-refractivity contribution in [2.45, 2.75) is 19.3 Å². The van der Waals surface area contributed by atoms with Crippen molar-refractivity contribution in [3.63, 3.8) is 0 Å². The molecule has 0 saturated carbocycles. The van der Waals surface area contributed by atoms with Crippen molar-refractivity contribution < 1.29 is 4.79 Å². The van der Waals surface area contributed by atoms with Crippen molar-refractivity contribution in [1.82, 2.24) is 15.6 Å². The van der Waals surface area contributed by atoms with Gasteiger partial charge in [0.05, 0.1) is 15.2 Å². The summed E-state index contributed by atoms with van der Waals surface area (Å²) in [5, 5.41) is 6.99. The van der Waals surface area contributed by atoms with Gasteiger partial charge in [0, 0.05) is 23.9 Å². The monoisotopic (exact) mass is 427 g/mol. The SMILES string of the molecule is CNCCCNC(=O)CCc1nc2cc(Br)ccc2s1.Cl.Cl. The summed E-state index contributed by atoms with van der Waals surface area (Å²) in [6.45, 7) is 1.65. The van der Waals surface area contributed by atoms with E-state index in [1.54, 1.807) is 11.3 Å². The summed E-state index contributed by atoms with van der Waals surface area (Å²) in [5.74, 6) is 0.0986. The number of rotatable bonds is 7. The number of nitrogens with zero attached hydrogens (tertiary/aromatic N) is 1. The number of nitrogens with one attached hydrogen (secondary N) is 2. The molecule has 2 rings (SSSR count). The number of aryl methyl sites for hydroxylation is 1. The first-order chi connectivity index (χ1) is 9.69. The van der Waals surface area contributed by atoms with Crippen LogP contribution in [0.5, 0.6) is 0 Å². The first-order valence-electron chi connectivity index (χ1n) is 6.65. The highest BCUT2D eigenvalue weighted by atomic mass is 79.9. The fourth-order valence-corrected chi connectivity index (χ4v) is 3.15. The number of amides is 1. The first-order valence-corrected chi connectivity index (χ1v) is 8.26. The van der Waals surface area contributed by atoms with Crippen LogP contribution in [0, 0.1) is 0 Å². The summed E-state index contributed by atoms with van der Waals surface area (Å²) >= 11 is 5.10. The minimum Gasteiger partial charge on any atom is -0.356 e. The summed E-state index contributed by atoms with van der Waals surface area (Å²) in [6, 6.07) is 6.07. The van der Waals surface area contributed by atoms with Crippen LogP contribution in [0.4, 0.5) is 0 Å². The predicted molar refractivity (Wildman–Crippen MR) is 102 cm³/mol. The van der Waals surface area contributed by atoms with E-state index < -0.39 is 0 Å². The summed E-state index contributed by atoms with van der Waals surface area (Å²) in [4.78, 5) is 16.2. The lowest BCUT2D eigenvalue weighted by atomic mass is 10.3. The van der Waals surface area contributed by atoms with Crippen LogP contribution >= 0.6 is 52.1 Å². The fourth-order valence-electron chi connectivity index (χ4n) is 1.86. The summed E-state index contributed by atoms with van der Waals surface area (Å²) < 4.78 is 2.20. The fraction of sp³-hybridized carbons (Fsp3) is 0.429. The molecule has 0 atom stereocenters. The highest BCUT2D eigenvalue weighted by Crippen LogP contribution is 2.25. The van der Waals surface area contributed by atoms with E-state index in [0.29, 0.717) is 12.8 Å². The standard InChI is InChI=1S/C14H18BrN3OS.2ClH/c1-16-7-2-8-17-13(19)5-6-14-18-11-9-10(15)3-4-12(11)20-14;;/h3-4,9,16H,2,5-8H2,1H3,(H,17,19);2*1H. The van der Waals surface area contributed by atoms with Gasteiger partial charge in [0.25, 0.3) is 0 Å². The molecule has 0 aliphatic heterocycles. The number of aromatic nitrogens is 1. The van der Waals surface area contributed by atoms with Crippen molar-refractivity contribution in [3.8, 4) is 0 Å². The molecule has 4 nitrogen and oxygen atoms in total. The van der Waals surface area contributed by atoms with Crippen molar-refractivity contribution in [2.24, 2.45) is 0 Å². The van der Waals surface area contributed by atoms with Gasteiger partial charge in [-0.05, 0) is 38.2 Å². The van der Waals surface area contributed by atoms with Crippen molar-refractivity contribution in [3.05, 3.63) is 27.7 Å². The Morgan fingerprint density at radius 1 is 1.32 bits per heavy atom. The Morgan fingerprint density at radius 3 is 2.82 bits per heavy atom. The Morgan fingerprint density at radius 2 is 2.09 bits per heavy atom. The van der Waals surface area contributed by atoms with Gasteiger partial charge in [-0.15, -0.1) is 36.2 Å².